The fourth-order valence-electron chi connectivity index (χ4n) is 1.73. The molecule has 0 aromatic carbocycles. The summed E-state index contributed by atoms with van der Waals surface area (Å²) in [5, 5.41) is 10.5. The van der Waals surface area contributed by atoms with E-state index < -0.39 is 0 Å². The van der Waals surface area contributed by atoms with Gasteiger partial charge in [-0.15, -0.1) is 0 Å². The standard InChI is InChI=1S/C12H27NO/c1-3-5-6-7-8-9-10-11-12(4-2)13-14/h12H,3-11,13H2,1-2H3. The van der Waals surface area contributed by atoms with E-state index in [1.54, 1.807) is 0 Å². The molecule has 14 heavy (non-hydrogen) atoms. The molecule has 0 aromatic rings. The lowest BCUT2D eigenvalue weighted by Crippen LogP contribution is -2.83. The Morgan fingerprint density at radius 2 is 1.50 bits per heavy atom. The average Bonchev–Trinajstić information content (AvgIpc) is 2.22. The summed E-state index contributed by atoms with van der Waals surface area (Å²) in [6.07, 6.45) is 11.5. The van der Waals surface area contributed by atoms with Gasteiger partial charge in [0.15, 0.2) is 0 Å². The SMILES string of the molecule is CCCCCCCCCC(CC)[NH2+][O-]. The summed E-state index contributed by atoms with van der Waals surface area (Å²) in [4.78, 5) is 0. The molecule has 0 bridgehead atoms. The van der Waals surface area contributed by atoms with Gasteiger partial charge in [0.05, 0.1) is 6.04 Å². The van der Waals surface area contributed by atoms with Crippen molar-refractivity contribution in [1.29, 1.82) is 0 Å². The second-order valence-electron chi connectivity index (χ2n) is 4.21. The molecule has 0 aromatic heterocycles. The summed E-state index contributed by atoms with van der Waals surface area (Å²) >= 11 is 0. The molecule has 0 aliphatic rings. The van der Waals surface area contributed by atoms with Crippen molar-refractivity contribution in [2.24, 2.45) is 0 Å². The van der Waals surface area contributed by atoms with Crippen molar-refractivity contribution >= 4 is 0 Å². The largest absolute Gasteiger partial charge is 0.636 e. The summed E-state index contributed by atoms with van der Waals surface area (Å²) in [6.45, 7) is 4.34. The highest BCUT2D eigenvalue weighted by molar-refractivity contribution is 4.53. The zero-order valence-corrected chi connectivity index (χ0v) is 9.93. The summed E-state index contributed by atoms with van der Waals surface area (Å²) < 4.78 is 0. The predicted octanol–water partition coefficient (Wildman–Crippen LogP) is 2.97. The van der Waals surface area contributed by atoms with Crippen molar-refractivity contribution in [3.8, 4) is 0 Å². The first-order valence-corrected chi connectivity index (χ1v) is 6.30. The normalized spacial score (nSPS) is 13.1. The number of unbranched alkanes of at least 4 members (excludes halogenated alkanes) is 6. The molecule has 2 nitrogen and oxygen atoms in total. The van der Waals surface area contributed by atoms with Crippen LogP contribution in [0.2, 0.25) is 0 Å². The van der Waals surface area contributed by atoms with Crippen molar-refractivity contribution in [1.82, 2.24) is 0 Å². The van der Waals surface area contributed by atoms with Crippen LogP contribution in [0, 0.1) is 5.21 Å². The number of hydroxylamine groups is 1. The van der Waals surface area contributed by atoms with Gasteiger partial charge in [-0.2, -0.15) is 0 Å². The van der Waals surface area contributed by atoms with E-state index in [0.717, 1.165) is 18.3 Å². The van der Waals surface area contributed by atoms with Crippen molar-refractivity contribution in [2.45, 2.75) is 77.7 Å². The van der Waals surface area contributed by atoms with Crippen LogP contribution >= 0.6 is 0 Å². The third kappa shape index (κ3) is 8.52. The van der Waals surface area contributed by atoms with Gasteiger partial charge in [0.1, 0.15) is 0 Å². The van der Waals surface area contributed by atoms with Crippen LogP contribution in [0.15, 0.2) is 0 Å². The Hall–Kier alpha value is -0.0800. The van der Waals surface area contributed by atoms with Gasteiger partial charge in [-0.05, 0) is 19.3 Å². The first-order valence-electron chi connectivity index (χ1n) is 6.30. The van der Waals surface area contributed by atoms with Crippen LogP contribution in [0.3, 0.4) is 0 Å². The Kier molecular flexibility index (Phi) is 10.9. The van der Waals surface area contributed by atoms with E-state index in [4.69, 9.17) is 0 Å². The van der Waals surface area contributed by atoms with E-state index in [2.05, 4.69) is 13.8 Å². The Balaban J connectivity index is 3.04. The number of hydrogen-bond donors (Lipinski definition) is 1. The molecule has 2 N–H and O–H groups in total. The van der Waals surface area contributed by atoms with E-state index in [1.165, 1.54) is 44.9 Å². The minimum absolute atomic E-state index is 0.325. The lowest BCUT2D eigenvalue weighted by atomic mass is 10.0. The second kappa shape index (κ2) is 11.0. The highest BCUT2D eigenvalue weighted by Gasteiger charge is 2.03. The third-order valence-electron chi connectivity index (χ3n) is 2.90. The first kappa shape index (κ1) is 13.9. The Morgan fingerprint density at radius 1 is 0.929 bits per heavy atom. The third-order valence-corrected chi connectivity index (χ3v) is 2.90. The van der Waals surface area contributed by atoms with Crippen molar-refractivity contribution in [2.75, 3.05) is 0 Å². The lowest BCUT2D eigenvalue weighted by Gasteiger charge is -2.14. The molecule has 2 heteroatoms. The van der Waals surface area contributed by atoms with Crippen LogP contribution in [-0.4, -0.2) is 6.04 Å². The molecule has 0 fully saturated rings. The maximum Gasteiger partial charge on any atom is 0.0853 e. The van der Waals surface area contributed by atoms with Crippen LogP contribution in [0.25, 0.3) is 0 Å². The predicted molar refractivity (Wildman–Crippen MR) is 62.0 cm³/mol. The molecule has 0 radical (unpaired) electrons. The molecule has 0 aliphatic heterocycles. The van der Waals surface area contributed by atoms with Crippen molar-refractivity contribution < 1.29 is 5.48 Å². The fourth-order valence-corrected chi connectivity index (χ4v) is 1.73. The smallest absolute Gasteiger partial charge is 0.0853 e. The molecule has 0 heterocycles. The van der Waals surface area contributed by atoms with E-state index in [0.29, 0.717) is 6.04 Å². The molecule has 86 valence electrons. The van der Waals surface area contributed by atoms with Crippen LogP contribution in [0.5, 0.6) is 0 Å². The fraction of sp³-hybridized carbons (Fsp3) is 1.00. The van der Waals surface area contributed by atoms with Gasteiger partial charge in [0.2, 0.25) is 0 Å². The maximum absolute atomic E-state index is 10.5. The molecule has 0 saturated heterocycles. The highest BCUT2D eigenvalue weighted by atomic mass is 16.5. The monoisotopic (exact) mass is 201 g/mol. The topological polar surface area (TPSA) is 39.7 Å². The first-order chi connectivity index (χ1) is 6.85. The number of rotatable bonds is 10. The van der Waals surface area contributed by atoms with E-state index >= 15 is 0 Å². The average molecular weight is 201 g/mol. The minimum atomic E-state index is 0.325. The summed E-state index contributed by atoms with van der Waals surface area (Å²) in [7, 11) is 0. The number of quaternary nitrogens is 1. The van der Waals surface area contributed by atoms with Gasteiger partial charge in [-0.1, -0.05) is 52.4 Å². The van der Waals surface area contributed by atoms with Gasteiger partial charge in [-0.3, -0.25) is 0 Å². The zero-order chi connectivity index (χ0) is 10.6. The van der Waals surface area contributed by atoms with Gasteiger partial charge in [-0.25, -0.2) is 0 Å². The minimum Gasteiger partial charge on any atom is -0.636 e. The molecular weight excluding hydrogens is 174 g/mol. The molecule has 1 atom stereocenters. The lowest BCUT2D eigenvalue weighted by molar-refractivity contribution is -0.628. The van der Waals surface area contributed by atoms with Crippen LogP contribution < -0.4 is 5.48 Å². The summed E-state index contributed by atoms with van der Waals surface area (Å²) in [5.74, 6) is 0. The Morgan fingerprint density at radius 3 is 2.00 bits per heavy atom. The van der Waals surface area contributed by atoms with Gasteiger partial charge < -0.3 is 10.7 Å². The zero-order valence-electron chi connectivity index (χ0n) is 9.93. The Labute approximate surface area is 89.1 Å². The molecule has 0 saturated carbocycles. The van der Waals surface area contributed by atoms with E-state index in [9.17, 15) is 5.21 Å². The van der Waals surface area contributed by atoms with Crippen LogP contribution in [0.4, 0.5) is 0 Å². The molecule has 0 spiro atoms. The quantitative estimate of drug-likeness (QED) is 0.428. The molecule has 0 amide bonds. The van der Waals surface area contributed by atoms with E-state index in [1.807, 2.05) is 0 Å². The van der Waals surface area contributed by atoms with E-state index in [-0.39, 0.29) is 0 Å². The maximum atomic E-state index is 10.5. The molecule has 1 unspecified atom stereocenters. The van der Waals surface area contributed by atoms with Crippen molar-refractivity contribution in [3.05, 3.63) is 5.21 Å². The molecule has 0 rings (SSSR count). The number of hydrogen-bond acceptors (Lipinski definition) is 1. The van der Waals surface area contributed by atoms with Crippen LogP contribution in [0.1, 0.15) is 71.6 Å². The second-order valence-corrected chi connectivity index (χ2v) is 4.21. The molecular formula is C12H27NO. The number of nitrogens with two attached hydrogens (primary N) is 1. The Bertz CT molecular complexity index is 102. The van der Waals surface area contributed by atoms with Gasteiger partial charge >= 0.3 is 0 Å². The van der Waals surface area contributed by atoms with Gasteiger partial charge in [0, 0.05) is 0 Å². The van der Waals surface area contributed by atoms with Crippen molar-refractivity contribution in [3.63, 3.8) is 0 Å². The van der Waals surface area contributed by atoms with Crippen LogP contribution in [-0.2, 0) is 0 Å². The summed E-state index contributed by atoms with van der Waals surface area (Å²) in [6, 6.07) is 0.325. The summed E-state index contributed by atoms with van der Waals surface area (Å²) in [5.41, 5.74) is 1.12. The highest BCUT2D eigenvalue weighted by Crippen LogP contribution is 2.09. The van der Waals surface area contributed by atoms with Gasteiger partial charge in [0.25, 0.3) is 0 Å². The molecule has 0 aliphatic carbocycles.